The summed E-state index contributed by atoms with van der Waals surface area (Å²) in [5.74, 6) is -0.0470. The number of rotatable bonds is 13. The number of carbonyl (C=O) groups is 2. The second kappa shape index (κ2) is 13.5. The third kappa shape index (κ3) is 10.3. The van der Waals surface area contributed by atoms with Crippen LogP contribution in [0.1, 0.15) is 64.6 Å². The van der Waals surface area contributed by atoms with Crippen LogP contribution >= 0.6 is 0 Å². The molecule has 1 aliphatic heterocycles. The third-order valence-corrected chi connectivity index (χ3v) is 5.75. The van der Waals surface area contributed by atoms with Gasteiger partial charge in [-0.1, -0.05) is 6.07 Å². The van der Waals surface area contributed by atoms with E-state index in [0.717, 1.165) is 56.7 Å². The van der Waals surface area contributed by atoms with Gasteiger partial charge in [-0.3, -0.25) is 0 Å². The molecule has 1 aliphatic rings. The number of alkyl carbamates (subject to hydrolysis) is 1. The molecule has 1 aromatic rings. The molecule has 192 valence electrons. The Morgan fingerprint density at radius 3 is 2.71 bits per heavy atom. The van der Waals surface area contributed by atoms with E-state index >= 15 is 0 Å². The largest absolute Gasteiger partial charge is 0.480 e. The minimum Gasteiger partial charge on any atom is -0.480 e. The zero-order chi connectivity index (χ0) is 25.1. The number of aliphatic carboxylic acids is 1. The van der Waals surface area contributed by atoms with Crippen LogP contribution in [0.2, 0.25) is 0 Å². The maximum atomic E-state index is 12.0. The Morgan fingerprint density at radius 1 is 1.26 bits per heavy atom. The number of nitrogens with one attached hydrogen (secondary N) is 2. The van der Waals surface area contributed by atoms with Crippen molar-refractivity contribution in [3.63, 3.8) is 0 Å². The summed E-state index contributed by atoms with van der Waals surface area (Å²) in [6, 6.07) is 3.29. The summed E-state index contributed by atoms with van der Waals surface area (Å²) in [7, 11) is 1.67. The van der Waals surface area contributed by atoms with E-state index in [4.69, 9.17) is 14.5 Å². The first-order valence-electron chi connectivity index (χ1n) is 12.3. The van der Waals surface area contributed by atoms with E-state index in [9.17, 15) is 14.7 Å². The Balaban J connectivity index is 1.84. The number of amides is 1. The minimum absolute atomic E-state index is 0.0236. The van der Waals surface area contributed by atoms with Crippen molar-refractivity contribution in [3.05, 3.63) is 23.4 Å². The van der Waals surface area contributed by atoms with Crippen molar-refractivity contribution < 1.29 is 24.2 Å². The highest BCUT2D eigenvalue weighted by Crippen LogP contribution is 2.20. The monoisotopic (exact) mass is 478 g/mol. The molecule has 1 aromatic heterocycles. The number of methoxy groups -OCH3 is 1. The van der Waals surface area contributed by atoms with Crippen LogP contribution in [0.25, 0.3) is 0 Å². The molecule has 1 amide bonds. The molecule has 9 nitrogen and oxygen atoms in total. The van der Waals surface area contributed by atoms with Crippen LogP contribution in [0, 0.1) is 0 Å². The molecule has 2 rings (SSSR count). The summed E-state index contributed by atoms with van der Waals surface area (Å²) in [6.45, 7) is 10.2. The van der Waals surface area contributed by atoms with E-state index in [2.05, 4.69) is 27.7 Å². The average Bonchev–Trinajstić information content (AvgIpc) is 2.77. The van der Waals surface area contributed by atoms with Crippen LogP contribution in [0.3, 0.4) is 0 Å². The lowest BCUT2D eigenvalue weighted by Gasteiger charge is -2.27. The van der Waals surface area contributed by atoms with Gasteiger partial charge in [0.1, 0.15) is 17.5 Å². The zero-order valence-electron chi connectivity index (χ0n) is 21.4. The number of aryl methyl sites for hydroxylation is 2. The summed E-state index contributed by atoms with van der Waals surface area (Å²) >= 11 is 0. The van der Waals surface area contributed by atoms with E-state index in [1.165, 1.54) is 5.56 Å². The smallest absolute Gasteiger partial charge is 0.408 e. The van der Waals surface area contributed by atoms with E-state index in [0.29, 0.717) is 13.1 Å². The van der Waals surface area contributed by atoms with Gasteiger partial charge in [-0.2, -0.15) is 0 Å². The van der Waals surface area contributed by atoms with Crippen LogP contribution < -0.4 is 10.6 Å². The van der Waals surface area contributed by atoms with Crippen molar-refractivity contribution in [2.24, 2.45) is 0 Å². The van der Waals surface area contributed by atoms with Crippen molar-refractivity contribution in [2.45, 2.75) is 84.0 Å². The Labute approximate surface area is 203 Å². The molecule has 0 saturated heterocycles. The van der Waals surface area contributed by atoms with Gasteiger partial charge in [0.05, 0.1) is 6.10 Å². The van der Waals surface area contributed by atoms with Gasteiger partial charge in [0.2, 0.25) is 0 Å². The van der Waals surface area contributed by atoms with Gasteiger partial charge in [0, 0.05) is 32.4 Å². The maximum Gasteiger partial charge on any atom is 0.408 e. The number of hydrogen-bond acceptors (Lipinski definition) is 7. The van der Waals surface area contributed by atoms with E-state index in [1.807, 2.05) is 6.92 Å². The van der Waals surface area contributed by atoms with Gasteiger partial charge in [-0.05, 0) is 84.4 Å². The van der Waals surface area contributed by atoms with Crippen molar-refractivity contribution in [1.29, 1.82) is 0 Å². The standard InChI is InChI=1S/C25H42N4O5/c1-18(33-5)17-29(16-13-21(23(30)31)28-24(32)34-25(2,3)4)15-7-6-10-20-12-11-19-9-8-14-26-22(19)27-20/h11-12,18,21H,6-10,13-17H2,1-5H3,(H,26,27)(H,28,32)(H,30,31). The van der Waals surface area contributed by atoms with Crippen LogP contribution in [-0.4, -0.2) is 78.1 Å². The first kappa shape index (κ1) is 27.9. The Kier molecular flexibility index (Phi) is 11.0. The highest BCUT2D eigenvalue weighted by atomic mass is 16.6. The van der Waals surface area contributed by atoms with Crippen LogP contribution in [0.5, 0.6) is 0 Å². The molecule has 3 N–H and O–H groups in total. The second-order valence-electron chi connectivity index (χ2n) is 9.97. The SMILES string of the molecule is COC(C)CN(CCCCc1ccc2c(n1)NCCC2)CCC(NC(=O)OC(C)(C)C)C(=O)O. The Bertz CT molecular complexity index is 796. The summed E-state index contributed by atoms with van der Waals surface area (Å²) in [5.41, 5.74) is 1.70. The number of nitrogens with zero attached hydrogens (tertiary/aromatic N) is 2. The van der Waals surface area contributed by atoms with Gasteiger partial charge in [0.15, 0.2) is 0 Å². The zero-order valence-corrected chi connectivity index (χ0v) is 21.4. The summed E-state index contributed by atoms with van der Waals surface area (Å²) in [4.78, 5) is 30.7. The fourth-order valence-corrected chi connectivity index (χ4v) is 3.90. The van der Waals surface area contributed by atoms with E-state index < -0.39 is 23.7 Å². The van der Waals surface area contributed by atoms with Crippen LogP contribution in [-0.2, 0) is 27.1 Å². The van der Waals surface area contributed by atoms with Crippen molar-refractivity contribution in [1.82, 2.24) is 15.2 Å². The van der Waals surface area contributed by atoms with Gasteiger partial charge in [-0.25, -0.2) is 14.6 Å². The van der Waals surface area contributed by atoms with E-state index in [-0.39, 0.29) is 12.5 Å². The number of carbonyl (C=O) groups excluding carboxylic acids is 1. The predicted octanol–water partition coefficient (Wildman–Crippen LogP) is 3.47. The minimum atomic E-state index is -1.07. The molecule has 0 aromatic carbocycles. The van der Waals surface area contributed by atoms with Crippen molar-refractivity contribution >= 4 is 17.9 Å². The third-order valence-electron chi connectivity index (χ3n) is 5.75. The highest BCUT2D eigenvalue weighted by Gasteiger charge is 2.25. The fourth-order valence-electron chi connectivity index (χ4n) is 3.90. The molecule has 2 atom stereocenters. The number of anilines is 1. The Morgan fingerprint density at radius 2 is 2.03 bits per heavy atom. The van der Waals surface area contributed by atoms with E-state index in [1.54, 1.807) is 27.9 Å². The Hall–Kier alpha value is -2.39. The molecule has 0 radical (unpaired) electrons. The van der Waals surface area contributed by atoms with Crippen LogP contribution in [0.4, 0.5) is 10.6 Å². The molecule has 0 fully saturated rings. The molecule has 34 heavy (non-hydrogen) atoms. The number of fused-ring (bicyclic) bond motifs is 1. The molecule has 0 spiro atoms. The number of pyridine rings is 1. The normalized spacial score (nSPS) is 15.2. The number of ether oxygens (including phenoxy) is 2. The molecular weight excluding hydrogens is 436 g/mol. The van der Waals surface area contributed by atoms with Gasteiger partial charge >= 0.3 is 12.1 Å². The molecule has 2 unspecified atom stereocenters. The van der Waals surface area contributed by atoms with Crippen molar-refractivity contribution in [3.8, 4) is 0 Å². The predicted molar refractivity (Wildman–Crippen MR) is 132 cm³/mol. The van der Waals surface area contributed by atoms with Gasteiger partial charge in [-0.15, -0.1) is 0 Å². The average molecular weight is 479 g/mol. The van der Waals surface area contributed by atoms with Gasteiger partial charge in [0.25, 0.3) is 0 Å². The lowest BCUT2D eigenvalue weighted by atomic mass is 10.1. The first-order chi connectivity index (χ1) is 16.1. The number of aromatic nitrogens is 1. The summed E-state index contributed by atoms with van der Waals surface area (Å²) in [5, 5.41) is 15.4. The van der Waals surface area contributed by atoms with Crippen molar-refractivity contribution in [2.75, 3.05) is 38.6 Å². The molecule has 9 heteroatoms. The summed E-state index contributed by atoms with van der Waals surface area (Å²) in [6.07, 6.45) is 4.67. The molecular formula is C25H42N4O5. The lowest BCUT2D eigenvalue weighted by molar-refractivity contribution is -0.139. The number of hydrogen-bond donors (Lipinski definition) is 3. The highest BCUT2D eigenvalue weighted by molar-refractivity contribution is 5.80. The summed E-state index contributed by atoms with van der Waals surface area (Å²) < 4.78 is 10.6. The lowest BCUT2D eigenvalue weighted by Crippen LogP contribution is -2.45. The maximum absolute atomic E-state index is 12.0. The van der Waals surface area contributed by atoms with Gasteiger partial charge < -0.3 is 30.1 Å². The molecule has 0 bridgehead atoms. The number of carboxylic acid groups (broad SMARTS) is 1. The first-order valence-corrected chi connectivity index (χ1v) is 12.3. The molecule has 2 heterocycles. The van der Waals surface area contributed by atoms with Crippen LogP contribution in [0.15, 0.2) is 12.1 Å². The topological polar surface area (TPSA) is 113 Å². The molecule has 0 saturated carbocycles. The fraction of sp³-hybridized carbons (Fsp3) is 0.720. The number of carboxylic acids is 1. The quantitative estimate of drug-likeness (QED) is 0.370. The second-order valence-corrected chi connectivity index (χ2v) is 9.97. The number of unbranched alkanes of at least 4 members (excludes halogenated alkanes) is 1. The molecule has 0 aliphatic carbocycles.